The molecule has 0 radical (unpaired) electrons. The molecule has 2 aliphatic heterocycles. The van der Waals surface area contributed by atoms with Crippen LogP contribution in [0.25, 0.3) is 10.9 Å². The van der Waals surface area contributed by atoms with Gasteiger partial charge in [-0.1, -0.05) is 23.8 Å². The summed E-state index contributed by atoms with van der Waals surface area (Å²) in [6.07, 6.45) is 1.75. The first kappa shape index (κ1) is 19.8. The van der Waals surface area contributed by atoms with Gasteiger partial charge in [0.1, 0.15) is 6.73 Å². The number of carbonyl (C=O) groups is 2. The molecule has 5 rings (SSSR count). The number of nitrogens with zero attached hydrogens (tertiary/aromatic N) is 2. The third-order valence-electron chi connectivity index (χ3n) is 6.58. The average molecular weight is 418 g/mol. The number of aryl methyl sites for hydroxylation is 1. The summed E-state index contributed by atoms with van der Waals surface area (Å²) in [4.78, 5) is 32.0. The molecule has 1 aromatic heterocycles. The zero-order valence-corrected chi connectivity index (χ0v) is 18.1. The molecule has 1 unspecified atom stereocenters. The molecule has 2 aromatic carbocycles. The van der Waals surface area contributed by atoms with Crippen molar-refractivity contribution in [1.82, 2.24) is 14.8 Å². The van der Waals surface area contributed by atoms with Crippen molar-refractivity contribution in [3.8, 4) is 0 Å². The highest BCUT2D eigenvalue weighted by Crippen LogP contribution is 2.38. The van der Waals surface area contributed by atoms with Gasteiger partial charge in [-0.2, -0.15) is 0 Å². The van der Waals surface area contributed by atoms with Gasteiger partial charge in [-0.3, -0.25) is 9.59 Å². The predicted molar refractivity (Wildman–Crippen MR) is 119 cm³/mol. The van der Waals surface area contributed by atoms with Gasteiger partial charge < -0.3 is 19.5 Å². The molecule has 160 valence electrons. The van der Waals surface area contributed by atoms with Crippen molar-refractivity contribution in [3.63, 3.8) is 0 Å². The Balaban J connectivity index is 1.51. The van der Waals surface area contributed by atoms with Crippen molar-refractivity contribution in [1.29, 1.82) is 0 Å². The monoisotopic (exact) mass is 417 g/mol. The van der Waals surface area contributed by atoms with Gasteiger partial charge in [-0.05, 0) is 62.6 Å². The van der Waals surface area contributed by atoms with E-state index in [1.807, 2.05) is 43.0 Å². The number of benzene rings is 2. The Bertz CT molecular complexity index is 1160. The van der Waals surface area contributed by atoms with Crippen molar-refractivity contribution in [2.24, 2.45) is 0 Å². The second-order valence-corrected chi connectivity index (χ2v) is 9.21. The van der Waals surface area contributed by atoms with Crippen LogP contribution in [0.2, 0.25) is 0 Å². The summed E-state index contributed by atoms with van der Waals surface area (Å²) >= 11 is 0. The highest BCUT2D eigenvalue weighted by atomic mass is 16.5. The van der Waals surface area contributed by atoms with E-state index in [-0.39, 0.29) is 17.5 Å². The number of ether oxygens (including phenoxy) is 1. The maximum atomic E-state index is 13.0. The van der Waals surface area contributed by atoms with Crippen molar-refractivity contribution in [2.75, 3.05) is 19.9 Å². The van der Waals surface area contributed by atoms with E-state index in [9.17, 15) is 9.59 Å². The minimum atomic E-state index is -0.315. The van der Waals surface area contributed by atoms with Gasteiger partial charge in [-0.25, -0.2) is 0 Å². The lowest BCUT2D eigenvalue weighted by Gasteiger charge is -2.33. The third-order valence-corrected chi connectivity index (χ3v) is 6.58. The summed E-state index contributed by atoms with van der Waals surface area (Å²) in [6.45, 7) is 7.63. The Labute approximate surface area is 181 Å². The second-order valence-electron chi connectivity index (χ2n) is 9.21. The Hall–Kier alpha value is -3.12. The van der Waals surface area contributed by atoms with Crippen LogP contribution in [0.4, 0.5) is 0 Å². The van der Waals surface area contributed by atoms with Crippen LogP contribution in [0.5, 0.6) is 0 Å². The molecule has 1 fully saturated rings. The molecule has 1 atom stereocenters. The molecule has 0 saturated carbocycles. The Morgan fingerprint density at radius 3 is 2.65 bits per heavy atom. The van der Waals surface area contributed by atoms with Gasteiger partial charge in [0.2, 0.25) is 6.41 Å². The second kappa shape index (κ2) is 7.24. The molecule has 1 N–H and O–H groups in total. The quantitative estimate of drug-likeness (QED) is 0.660. The number of rotatable bonds is 3. The fourth-order valence-electron chi connectivity index (χ4n) is 4.83. The molecule has 6 nitrogen and oxygen atoms in total. The molecular formula is C25H27N3O3. The van der Waals surface area contributed by atoms with Crippen molar-refractivity contribution >= 4 is 23.2 Å². The third kappa shape index (κ3) is 3.22. The van der Waals surface area contributed by atoms with Gasteiger partial charge in [0.05, 0.1) is 18.2 Å². The summed E-state index contributed by atoms with van der Waals surface area (Å²) in [5.74, 6) is -0.0355. The van der Waals surface area contributed by atoms with E-state index in [1.54, 1.807) is 4.90 Å². The number of fused-ring (bicyclic) bond motifs is 3. The maximum absolute atomic E-state index is 13.0. The largest absolute Gasteiger partial charge is 0.359 e. The van der Waals surface area contributed by atoms with E-state index in [2.05, 4.69) is 30.1 Å². The lowest BCUT2D eigenvalue weighted by Crippen LogP contribution is -2.44. The molecule has 3 heterocycles. The van der Waals surface area contributed by atoms with E-state index in [4.69, 9.17) is 4.74 Å². The van der Waals surface area contributed by atoms with Gasteiger partial charge in [0.15, 0.2) is 0 Å². The summed E-state index contributed by atoms with van der Waals surface area (Å²) < 4.78 is 5.49. The van der Waals surface area contributed by atoms with Crippen molar-refractivity contribution < 1.29 is 14.3 Å². The highest BCUT2D eigenvalue weighted by molar-refractivity contribution is 5.95. The summed E-state index contributed by atoms with van der Waals surface area (Å²) in [6, 6.07) is 13.9. The zero-order valence-electron chi connectivity index (χ0n) is 18.1. The number of amides is 2. The van der Waals surface area contributed by atoms with Gasteiger partial charge in [0, 0.05) is 28.7 Å². The number of carbonyl (C=O) groups excluding carboxylic acids is 2. The van der Waals surface area contributed by atoms with Crippen LogP contribution in [0.15, 0.2) is 42.5 Å². The Morgan fingerprint density at radius 1 is 1.19 bits per heavy atom. The van der Waals surface area contributed by atoms with Crippen LogP contribution in [-0.4, -0.2) is 52.5 Å². The SMILES string of the molecule is Cc1ccc2[nH]c3c(c2c1)CCN(C=O)C3c1ccc(C(=O)N2COCC2(C)C)cc1. The fourth-order valence-corrected chi connectivity index (χ4v) is 4.83. The van der Waals surface area contributed by atoms with E-state index in [0.717, 1.165) is 29.6 Å². The first-order valence-corrected chi connectivity index (χ1v) is 10.7. The number of nitrogens with one attached hydrogen (secondary N) is 1. The van der Waals surface area contributed by atoms with Crippen molar-refractivity contribution in [2.45, 2.75) is 38.8 Å². The Morgan fingerprint density at radius 2 is 1.97 bits per heavy atom. The van der Waals surface area contributed by atoms with Crippen molar-refractivity contribution in [3.05, 3.63) is 70.4 Å². The highest BCUT2D eigenvalue weighted by Gasteiger charge is 2.37. The standard InChI is InChI=1S/C25H27N3O3/c1-16-4-9-21-20(12-16)19-10-11-27(14-29)23(22(19)26-21)17-5-7-18(8-6-17)24(30)28-15-31-13-25(28,2)3/h4-9,12,14,23,26H,10-11,13,15H2,1-3H3. The van der Waals surface area contributed by atoms with Crippen LogP contribution in [0.1, 0.15) is 52.6 Å². The molecule has 2 aliphatic rings. The lowest BCUT2D eigenvalue weighted by molar-refractivity contribution is -0.120. The summed E-state index contributed by atoms with van der Waals surface area (Å²) in [5, 5.41) is 1.23. The van der Waals surface area contributed by atoms with Gasteiger partial charge in [-0.15, -0.1) is 0 Å². The van der Waals surface area contributed by atoms with Crippen LogP contribution in [-0.2, 0) is 16.0 Å². The molecule has 1 saturated heterocycles. The molecule has 0 bridgehead atoms. The Kier molecular flexibility index (Phi) is 4.63. The van der Waals surface area contributed by atoms with E-state index in [1.165, 1.54) is 16.5 Å². The molecule has 6 heteroatoms. The molecule has 0 spiro atoms. The number of hydrogen-bond donors (Lipinski definition) is 1. The topological polar surface area (TPSA) is 65.6 Å². The van der Waals surface area contributed by atoms with E-state index < -0.39 is 0 Å². The normalized spacial score (nSPS) is 20.2. The van der Waals surface area contributed by atoms with Gasteiger partial charge in [0.25, 0.3) is 5.91 Å². The molecular weight excluding hydrogens is 390 g/mol. The average Bonchev–Trinajstić information content (AvgIpc) is 3.31. The molecule has 2 amide bonds. The summed E-state index contributed by atoms with van der Waals surface area (Å²) in [5.41, 5.74) is 5.96. The first-order chi connectivity index (χ1) is 14.9. The van der Waals surface area contributed by atoms with Crippen LogP contribution in [0, 0.1) is 6.92 Å². The minimum absolute atomic E-state index is 0.0355. The zero-order chi connectivity index (χ0) is 21.8. The number of aromatic nitrogens is 1. The summed E-state index contributed by atoms with van der Waals surface area (Å²) in [7, 11) is 0. The lowest BCUT2D eigenvalue weighted by atomic mass is 9.92. The first-order valence-electron chi connectivity index (χ1n) is 10.7. The smallest absolute Gasteiger partial charge is 0.256 e. The van der Waals surface area contributed by atoms with Crippen LogP contribution >= 0.6 is 0 Å². The van der Waals surface area contributed by atoms with Gasteiger partial charge >= 0.3 is 0 Å². The maximum Gasteiger partial charge on any atom is 0.256 e. The number of hydrogen-bond acceptors (Lipinski definition) is 3. The fraction of sp³-hybridized carbons (Fsp3) is 0.360. The van der Waals surface area contributed by atoms with Crippen LogP contribution < -0.4 is 0 Å². The minimum Gasteiger partial charge on any atom is -0.359 e. The number of H-pyrrole nitrogens is 1. The molecule has 0 aliphatic carbocycles. The predicted octanol–water partition coefficient (Wildman–Crippen LogP) is 3.79. The molecule has 3 aromatic rings. The van der Waals surface area contributed by atoms with Crippen LogP contribution in [0.3, 0.4) is 0 Å². The van der Waals surface area contributed by atoms with E-state index in [0.29, 0.717) is 25.4 Å². The number of aromatic amines is 1. The molecule has 31 heavy (non-hydrogen) atoms. The van der Waals surface area contributed by atoms with E-state index >= 15 is 0 Å².